The number of carbonyl (C=O) groups is 2. The molecule has 3 aromatic rings. The Morgan fingerprint density at radius 2 is 1.53 bits per heavy atom. The van der Waals surface area contributed by atoms with E-state index in [1.807, 2.05) is 19.1 Å². The van der Waals surface area contributed by atoms with Gasteiger partial charge >= 0.3 is 0 Å². The summed E-state index contributed by atoms with van der Waals surface area (Å²) in [6.45, 7) is 1.94. The first-order valence-electron chi connectivity index (χ1n) is 11.2. The van der Waals surface area contributed by atoms with Crippen LogP contribution in [0.15, 0.2) is 64.9 Å². The molecule has 0 saturated carbocycles. The number of carbonyl (C=O) groups excluding carboxylic acids is 2. The zero-order chi connectivity index (χ0) is 26.1. The molecule has 0 fully saturated rings. The Hall–Kier alpha value is -4.40. The van der Waals surface area contributed by atoms with Crippen LogP contribution in [0.3, 0.4) is 0 Å². The predicted octanol–water partition coefficient (Wildman–Crippen LogP) is 4.35. The fourth-order valence-electron chi connectivity index (χ4n) is 3.57. The van der Waals surface area contributed by atoms with Gasteiger partial charge in [0.2, 0.25) is 0 Å². The van der Waals surface area contributed by atoms with Crippen LogP contribution in [-0.4, -0.2) is 40.3 Å². The lowest BCUT2D eigenvalue weighted by atomic mass is 10.0. The van der Waals surface area contributed by atoms with E-state index in [1.165, 1.54) is 32.6 Å². The van der Waals surface area contributed by atoms with Crippen molar-refractivity contribution in [1.29, 1.82) is 0 Å². The Morgan fingerprint density at radius 3 is 2.11 bits per heavy atom. The first-order chi connectivity index (χ1) is 17.4. The van der Waals surface area contributed by atoms with Gasteiger partial charge in [-0.2, -0.15) is 0 Å². The highest BCUT2D eigenvalue weighted by Gasteiger charge is 2.21. The van der Waals surface area contributed by atoms with Crippen molar-refractivity contribution >= 4 is 17.9 Å². The minimum absolute atomic E-state index is 0.0173. The largest absolute Gasteiger partial charge is 0.493 e. The SMILES string of the molecule is CC[C@H](NC(=O)/C(=C/c1ccco1)NC(=O)c1ccc(OC)c(OC)c1)c1ccc(OC)c(OC)c1. The fraction of sp³-hybridized carbons (Fsp3) is 0.259. The van der Waals surface area contributed by atoms with Gasteiger partial charge in [0.15, 0.2) is 23.0 Å². The summed E-state index contributed by atoms with van der Waals surface area (Å²) in [6.07, 6.45) is 3.55. The maximum atomic E-state index is 13.3. The van der Waals surface area contributed by atoms with Crippen LogP contribution in [0.1, 0.15) is 41.1 Å². The van der Waals surface area contributed by atoms with Gasteiger partial charge in [-0.25, -0.2) is 0 Å². The lowest BCUT2D eigenvalue weighted by Gasteiger charge is -2.20. The molecular formula is C27H30N2O7. The van der Waals surface area contributed by atoms with E-state index in [1.54, 1.807) is 44.6 Å². The first kappa shape index (κ1) is 26.2. The molecule has 36 heavy (non-hydrogen) atoms. The maximum Gasteiger partial charge on any atom is 0.268 e. The Morgan fingerprint density at radius 1 is 0.889 bits per heavy atom. The van der Waals surface area contributed by atoms with Crippen LogP contribution in [0.4, 0.5) is 0 Å². The zero-order valence-electron chi connectivity index (χ0n) is 20.9. The third kappa shape index (κ3) is 6.18. The molecule has 190 valence electrons. The van der Waals surface area contributed by atoms with E-state index >= 15 is 0 Å². The standard InChI is InChI=1S/C27H30N2O7/c1-6-20(17-9-11-22(32-2)24(14-17)34-4)28-27(31)21(16-19-8-7-13-36-19)29-26(30)18-10-12-23(33-3)25(15-18)35-5/h7-16,20H,6H2,1-5H3,(H,28,31)(H,29,30)/b21-16-/t20-/m0/s1. The average Bonchev–Trinajstić information content (AvgIpc) is 3.43. The van der Waals surface area contributed by atoms with Gasteiger partial charge in [0, 0.05) is 11.6 Å². The van der Waals surface area contributed by atoms with Crippen LogP contribution in [0.2, 0.25) is 0 Å². The van der Waals surface area contributed by atoms with E-state index in [0.29, 0.717) is 35.2 Å². The molecule has 0 saturated heterocycles. The van der Waals surface area contributed by atoms with Crippen molar-refractivity contribution in [2.24, 2.45) is 0 Å². The van der Waals surface area contributed by atoms with Gasteiger partial charge < -0.3 is 34.0 Å². The molecule has 3 rings (SSSR count). The molecule has 0 radical (unpaired) electrons. The quantitative estimate of drug-likeness (QED) is 0.382. The summed E-state index contributed by atoms with van der Waals surface area (Å²) in [5, 5.41) is 5.67. The van der Waals surface area contributed by atoms with Gasteiger partial charge in [0.05, 0.1) is 40.7 Å². The lowest BCUT2D eigenvalue weighted by molar-refractivity contribution is -0.118. The van der Waals surface area contributed by atoms with Crippen LogP contribution in [0.5, 0.6) is 23.0 Å². The number of hydrogen-bond acceptors (Lipinski definition) is 7. The van der Waals surface area contributed by atoms with E-state index in [2.05, 4.69) is 10.6 Å². The number of ether oxygens (including phenoxy) is 4. The smallest absolute Gasteiger partial charge is 0.268 e. The van der Waals surface area contributed by atoms with Gasteiger partial charge in [-0.15, -0.1) is 0 Å². The highest BCUT2D eigenvalue weighted by Crippen LogP contribution is 2.31. The molecule has 0 bridgehead atoms. The summed E-state index contributed by atoms with van der Waals surface area (Å²) in [7, 11) is 6.10. The molecule has 0 spiro atoms. The minimum atomic E-state index is -0.497. The zero-order valence-corrected chi connectivity index (χ0v) is 20.9. The number of benzene rings is 2. The minimum Gasteiger partial charge on any atom is -0.493 e. The topological polar surface area (TPSA) is 108 Å². The van der Waals surface area contributed by atoms with Crippen LogP contribution in [-0.2, 0) is 4.79 Å². The Balaban J connectivity index is 1.87. The number of rotatable bonds is 11. The molecule has 0 unspecified atom stereocenters. The Bertz CT molecular complexity index is 1220. The molecule has 9 nitrogen and oxygen atoms in total. The van der Waals surface area contributed by atoms with Crippen LogP contribution < -0.4 is 29.6 Å². The summed E-state index contributed by atoms with van der Waals surface area (Å²) in [5.41, 5.74) is 1.13. The van der Waals surface area contributed by atoms with E-state index in [9.17, 15) is 9.59 Å². The summed E-state index contributed by atoms with van der Waals surface area (Å²) in [4.78, 5) is 26.4. The third-order valence-corrected chi connectivity index (χ3v) is 5.49. The molecule has 0 aliphatic heterocycles. The average molecular weight is 495 g/mol. The summed E-state index contributed by atoms with van der Waals surface area (Å²) < 4.78 is 26.6. The normalized spacial score (nSPS) is 11.9. The predicted molar refractivity (Wildman–Crippen MR) is 134 cm³/mol. The van der Waals surface area contributed by atoms with Gasteiger partial charge in [-0.05, 0) is 54.4 Å². The monoisotopic (exact) mass is 494 g/mol. The number of hydrogen-bond donors (Lipinski definition) is 2. The molecule has 2 amide bonds. The molecular weight excluding hydrogens is 464 g/mol. The van der Waals surface area contributed by atoms with Gasteiger partial charge in [-0.3, -0.25) is 9.59 Å². The van der Waals surface area contributed by atoms with E-state index in [4.69, 9.17) is 23.4 Å². The van der Waals surface area contributed by atoms with Crippen LogP contribution >= 0.6 is 0 Å². The number of methoxy groups -OCH3 is 4. The Labute approximate surface area is 210 Å². The molecule has 0 aliphatic rings. The van der Waals surface area contributed by atoms with Gasteiger partial charge in [-0.1, -0.05) is 13.0 Å². The van der Waals surface area contributed by atoms with Crippen molar-refractivity contribution in [3.05, 3.63) is 77.4 Å². The summed E-state index contributed by atoms with van der Waals surface area (Å²) in [5.74, 6) is 1.44. The number of amides is 2. The van der Waals surface area contributed by atoms with Gasteiger partial charge in [0.25, 0.3) is 11.8 Å². The molecule has 9 heteroatoms. The van der Waals surface area contributed by atoms with E-state index in [0.717, 1.165) is 5.56 Å². The van der Waals surface area contributed by atoms with Crippen molar-refractivity contribution < 1.29 is 33.0 Å². The van der Waals surface area contributed by atoms with E-state index in [-0.39, 0.29) is 17.3 Å². The second-order valence-corrected chi connectivity index (χ2v) is 7.65. The van der Waals surface area contributed by atoms with Crippen molar-refractivity contribution in [1.82, 2.24) is 10.6 Å². The maximum absolute atomic E-state index is 13.3. The molecule has 1 atom stereocenters. The first-order valence-corrected chi connectivity index (χ1v) is 11.2. The van der Waals surface area contributed by atoms with Crippen molar-refractivity contribution in [3.8, 4) is 23.0 Å². The highest BCUT2D eigenvalue weighted by molar-refractivity contribution is 6.05. The fourth-order valence-corrected chi connectivity index (χ4v) is 3.57. The number of furan rings is 1. The third-order valence-electron chi connectivity index (χ3n) is 5.49. The second-order valence-electron chi connectivity index (χ2n) is 7.65. The van der Waals surface area contributed by atoms with Crippen LogP contribution in [0.25, 0.3) is 6.08 Å². The molecule has 2 N–H and O–H groups in total. The van der Waals surface area contributed by atoms with Crippen molar-refractivity contribution in [3.63, 3.8) is 0 Å². The summed E-state index contributed by atoms with van der Waals surface area (Å²) >= 11 is 0. The van der Waals surface area contributed by atoms with E-state index < -0.39 is 11.8 Å². The van der Waals surface area contributed by atoms with Crippen molar-refractivity contribution in [2.45, 2.75) is 19.4 Å². The Kier molecular flexibility index (Phi) is 8.99. The lowest BCUT2D eigenvalue weighted by Crippen LogP contribution is -2.36. The molecule has 0 aliphatic carbocycles. The van der Waals surface area contributed by atoms with Crippen LogP contribution in [0, 0.1) is 0 Å². The second kappa shape index (κ2) is 12.3. The summed E-state index contributed by atoms with van der Waals surface area (Å²) in [6, 6.07) is 13.2. The molecule has 1 heterocycles. The molecule has 2 aromatic carbocycles. The van der Waals surface area contributed by atoms with Gasteiger partial charge in [0.1, 0.15) is 11.5 Å². The number of nitrogens with one attached hydrogen (secondary N) is 2. The molecule has 1 aromatic heterocycles. The highest BCUT2D eigenvalue weighted by atomic mass is 16.5. The van der Waals surface area contributed by atoms with Crippen molar-refractivity contribution in [2.75, 3.05) is 28.4 Å².